The van der Waals surface area contributed by atoms with Crippen LogP contribution < -0.4 is 5.32 Å². The van der Waals surface area contributed by atoms with Crippen LogP contribution in [0.5, 0.6) is 0 Å². The molecule has 0 radical (unpaired) electrons. The first kappa shape index (κ1) is 27.2. The van der Waals surface area contributed by atoms with Crippen molar-refractivity contribution in [1.29, 1.82) is 0 Å². The number of fused-ring (bicyclic) bond motifs is 1. The summed E-state index contributed by atoms with van der Waals surface area (Å²) in [6, 6.07) is 12.0. The average molecular weight is 520 g/mol. The SMILES string of the molecule is CCOP(=O)(CCNC(=O)CC1=C(C)C(=Cc2ccc(S(C)=O)cc2)c2ccc(F)cc21)OCC. The Hall–Kier alpha value is -2.38. The number of carbonyl (C=O) groups is 1. The first-order valence-electron chi connectivity index (χ1n) is 11.5. The molecule has 1 atom stereocenters. The highest BCUT2D eigenvalue weighted by Gasteiger charge is 2.27. The maximum absolute atomic E-state index is 14.1. The molecule has 35 heavy (non-hydrogen) atoms. The van der Waals surface area contributed by atoms with Gasteiger partial charge in [0, 0.05) is 28.5 Å². The van der Waals surface area contributed by atoms with E-state index in [1.54, 1.807) is 26.2 Å². The second-order valence-electron chi connectivity index (χ2n) is 8.07. The Morgan fingerprint density at radius 3 is 2.34 bits per heavy atom. The van der Waals surface area contributed by atoms with Crippen molar-refractivity contribution in [3.05, 3.63) is 70.5 Å². The normalized spacial score (nSPS) is 15.4. The molecule has 1 unspecified atom stereocenters. The van der Waals surface area contributed by atoms with E-state index in [0.717, 1.165) is 32.7 Å². The third-order valence-electron chi connectivity index (χ3n) is 5.67. The van der Waals surface area contributed by atoms with Crippen molar-refractivity contribution in [1.82, 2.24) is 5.32 Å². The van der Waals surface area contributed by atoms with Crippen LogP contribution in [-0.2, 0) is 29.2 Å². The van der Waals surface area contributed by atoms with Crippen LogP contribution in [0, 0.1) is 5.82 Å². The van der Waals surface area contributed by atoms with E-state index in [1.807, 2.05) is 37.3 Å². The van der Waals surface area contributed by atoms with Crippen LogP contribution >= 0.6 is 7.60 Å². The Morgan fingerprint density at radius 1 is 1.09 bits per heavy atom. The Morgan fingerprint density at radius 2 is 1.74 bits per heavy atom. The van der Waals surface area contributed by atoms with Gasteiger partial charge in [-0.25, -0.2) is 4.39 Å². The zero-order valence-corrected chi connectivity index (χ0v) is 22.1. The molecule has 3 rings (SSSR count). The Labute approximate surface area is 208 Å². The maximum Gasteiger partial charge on any atom is 0.332 e. The Balaban J connectivity index is 1.81. The van der Waals surface area contributed by atoms with E-state index in [9.17, 15) is 18.0 Å². The summed E-state index contributed by atoms with van der Waals surface area (Å²) in [4.78, 5) is 13.5. The third-order valence-corrected chi connectivity index (χ3v) is 8.68. The molecule has 0 bridgehead atoms. The molecule has 1 amide bonds. The molecule has 1 aliphatic rings. The standard InChI is InChI=1S/C26H31FNO5PS/c1-5-32-34(30,33-6-2)14-13-28-26(29)17-24-18(3)23(22-12-9-20(27)16-25(22)24)15-19-7-10-21(11-8-19)35(4)31/h7-12,15-16H,5-6,13-14,17H2,1-4H3,(H,28,29). The van der Waals surface area contributed by atoms with Crippen molar-refractivity contribution in [3.8, 4) is 0 Å². The molecule has 1 N–H and O–H groups in total. The number of amides is 1. The molecule has 0 saturated carbocycles. The highest BCUT2D eigenvalue weighted by molar-refractivity contribution is 7.84. The predicted octanol–water partition coefficient (Wildman–Crippen LogP) is 5.66. The van der Waals surface area contributed by atoms with Gasteiger partial charge in [-0.2, -0.15) is 0 Å². The number of halogens is 1. The van der Waals surface area contributed by atoms with Crippen molar-refractivity contribution in [2.45, 2.75) is 32.1 Å². The Bertz CT molecular complexity index is 1210. The highest BCUT2D eigenvalue weighted by Crippen LogP contribution is 2.47. The third kappa shape index (κ3) is 6.85. The minimum absolute atomic E-state index is 0.0565. The average Bonchev–Trinajstić information content (AvgIpc) is 3.05. The van der Waals surface area contributed by atoms with Crippen LogP contribution in [0.1, 0.15) is 43.9 Å². The van der Waals surface area contributed by atoms with Gasteiger partial charge < -0.3 is 14.4 Å². The fourth-order valence-corrected chi connectivity index (χ4v) is 6.04. The molecule has 9 heteroatoms. The smallest absolute Gasteiger partial charge is 0.332 e. The van der Waals surface area contributed by atoms with Gasteiger partial charge in [-0.05, 0) is 84.5 Å². The van der Waals surface area contributed by atoms with E-state index in [0.29, 0.717) is 5.56 Å². The molecule has 6 nitrogen and oxygen atoms in total. The molecule has 0 saturated heterocycles. The number of nitrogens with one attached hydrogen (secondary N) is 1. The molecule has 0 aromatic heterocycles. The summed E-state index contributed by atoms with van der Waals surface area (Å²) < 4.78 is 48.9. The minimum atomic E-state index is -3.25. The monoisotopic (exact) mass is 519 g/mol. The summed E-state index contributed by atoms with van der Waals surface area (Å²) in [5.74, 6) is -0.634. The summed E-state index contributed by atoms with van der Waals surface area (Å²) in [5.41, 5.74) is 4.99. The van der Waals surface area contributed by atoms with E-state index in [2.05, 4.69) is 5.32 Å². The van der Waals surface area contributed by atoms with Gasteiger partial charge in [-0.1, -0.05) is 18.2 Å². The molecule has 0 spiro atoms. The second kappa shape index (κ2) is 12.0. The van der Waals surface area contributed by atoms with E-state index in [1.165, 1.54) is 12.1 Å². The van der Waals surface area contributed by atoms with Crippen LogP contribution in [0.25, 0.3) is 17.2 Å². The van der Waals surface area contributed by atoms with Gasteiger partial charge >= 0.3 is 7.60 Å². The summed E-state index contributed by atoms with van der Waals surface area (Å²) in [6.45, 7) is 6.05. The van der Waals surface area contributed by atoms with Crippen LogP contribution in [0.3, 0.4) is 0 Å². The second-order valence-corrected chi connectivity index (χ2v) is 11.6. The van der Waals surface area contributed by atoms with Crippen LogP contribution in [0.4, 0.5) is 4.39 Å². The van der Waals surface area contributed by atoms with E-state index in [4.69, 9.17) is 9.05 Å². The molecule has 2 aromatic carbocycles. The van der Waals surface area contributed by atoms with Gasteiger partial charge in [0.25, 0.3) is 0 Å². The van der Waals surface area contributed by atoms with E-state index in [-0.39, 0.29) is 44.1 Å². The summed E-state index contributed by atoms with van der Waals surface area (Å²) in [6.07, 6.45) is 3.75. The van der Waals surface area contributed by atoms with E-state index >= 15 is 0 Å². The van der Waals surface area contributed by atoms with Crippen LogP contribution in [-0.4, -0.2) is 42.3 Å². The highest BCUT2D eigenvalue weighted by atomic mass is 32.2. The summed E-state index contributed by atoms with van der Waals surface area (Å²) in [5, 5.41) is 2.78. The molecule has 0 heterocycles. The largest absolute Gasteiger partial charge is 0.355 e. The van der Waals surface area contributed by atoms with Crippen molar-refractivity contribution in [3.63, 3.8) is 0 Å². The van der Waals surface area contributed by atoms with Crippen molar-refractivity contribution >= 4 is 41.5 Å². The fourth-order valence-electron chi connectivity index (χ4n) is 4.02. The summed E-state index contributed by atoms with van der Waals surface area (Å²) >= 11 is 0. The number of rotatable bonds is 11. The minimum Gasteiger partial charge on any atom is -0.355 e. The lowest BCUT2D eigenvalue weighted by molar-refractivity contribution is -0.119. The first-order valence-corrected chi connectivity index (χ1v) is 14.8. The molecule has 1 aliphatic carbocycles. The molecule has 2 aromatic rings. The predicted molar refractivity (Wildman–Crippen MR) is 139 cm³/mol. The number of carbonyl (C=O) groups excluding carboxylic acids is 1. The molecule has 188 valence electrons. The lowest BCUT2D eigenvalue weighted by Crippen LogP contribution is -2.27. The number of hydrogen-bond acceptors (Lipinski definition) is 5. The van der Waals surface area contributed by atoms with Crippen molar-refractivity contribution in [2.24, 2.45) is 0 Å². The zero-order chi connectivity index (χ0) is 25.6. The number of benzene rings is 2. The van der Waals surface area contributed by atoms with Crippen molar-refractivity contribution < 1.29 is 27.0 Å². The van der Waals surface area contributed by atoms with Gasteiger partial charge in [0.1, 0.15) is 5.82 Å². The lowest BCUT2D eigenvalue weighted by atomic mass is 10.0. The maximum atomic E-state index is 14.1. The summed E-state index contributed by atoms with van der Waals surface area (Å²) in [7, 11) is -4.31. The number of hydrogen-bond donors (Lipinski definition) is 1. The molecular weight excluding hydrogens is 488 g/mol. The Kier molecular flexibility index (Phi) is 9.36. The fraction of sp³-hybridized carbons (Fsp3) is 0.346. The molecule has 0 fully saturated rings. The first-order chi connectivity index (χ1) is 16.7. The van der Waals surface area contributed by atoms with Gasteiger partial charge in [-0.3, -0.25) is 13.6 Å². The van der Waals surface area contributed by atoms with Gasteiger partial charge in [0.15, 0.2) is 0 Å². The number of allylic oxidation sites excluding steroid dienone is 2. The zero-order valence-electron chi connectivity index (χ0n) is 20.4. The molecular formula is C26H31FNO5PS. The van der Waals surface area contributed by atoms with Gasteiger partial charge in [-0.15, -0.1) is 0 Å². The van der Waals surface area contributed by atoms with Crippen LogP contribution in [0.2, 0.25) is 0 Å². The lowest BCUT2D eigenvalue weighted by Gasteiger charge is -2.17. The van der Waals surface area contributed by atoms with Gasteiger partial charge in [0.05, 0.1) is 25.8 Å². The van der Waals surface area contributed by atoms with E-state index < -0.39 is 18.4 Å². The topological polar surface area (TPSA) is 81.7 Å². The van der Waals surface area contributed by atoms with Crippen LogP contribution in [0.15, 0.2) is 52.9 Å². The molecule has 0 aliphatic heterocycles. The van der Waals surface area contributed by atoms with Crippen molar-refractivity contribution in [2.75, 3.05) is 32.2 Å². The van der Waals surface area contributed by atoms with Gasteiger partial charge in [0.2, 0.25) is 5.91 Å². The quantitative estimate of drug-likeness (QED) is 0.387.